The van der Waals surface area contributed by atoms with Crippen LogP contribution in [-0.2, 0) is 0 Å². The van der Waals surface area contributed by atoms with Gasteiger partial charge in [-0.2, -0.15) is 0 Å². The molecule has 0 amide bonds. The number of carbonyl (C=O) groups excluding carboxylic acids is 1. The molecule has 2 aromatic carbocycles. The Bertz CT molecular complexity index is 589. The average Bonchev–Trinajstić information content (AvgIpc) is 2.69. The second-order valence-electron chi connectivity index (χ2n) is 6.75. The van der Waals surface area contributed by atoms with Gasteiger partial charge in [0.2, 0.25) is 0 Å². The van der Waals surface area contributed by atoms with E-state index in [1.165, 1.54) is 38.5 Å². The maximum Gasteiger partial charge on any atom is 0.193 e. The van der Waals surface area contributed by atoms with E-state index in [1.54, 1.807) is 0 Å². The van der Waals surface area contributed by atoms with Crippen molar-refractivity contribution in [1.82, 2.24) is 0 Å². The quantitative estimate of drug-likeness (QED) is 0.357. The SMILES string of the molecule is CCCCCNc1ccc(C(=O)c2ccc(NCCCCC)cc2)cc1. The van der Waals surface area contributed by atoms with Crippen molar-refractivity contribution in [3.05, 3.63) is 59.7 Å². The number of rotatable bonds is 12. The van der Waals surface area contributed by atoms with E-state index in [9.17, 15) is 4.79 Å². The van der Waals surface area contributed by atoms with Gasteiger partial charge in [0, 0.05) is 35.6 Å². The molecule has 140 valence electrons. The summed E-state index contributed by atoms with van der Waals surface area (Å²) in [6.45, 7) is 6.37. The minimum atomic E-state index is 0.0695. The summed E-state index contributed by atoms with van der Waals surface area (Å²) in [7, 11) is 0. The van der Waals surface area contributed by atoms with Crippen molar-refractivity contribution in [3.8, 4) is 0 Å². The van der Waals surface area contributed by atoms with Crippen LogP contribution in [0.5, 0.6) is 0 Å². The van der Waals surface area contributed by atoms with E-state index in [2.05, 4.69) is 24.5 Å². The van der Waals surface area contributed by atoms with Crippen LogP contribution in [-0.4, -0.2) is 18.9 Å². The van der Waals surface area contributed by atoms with Crippen molar-refractivity contribution in [2.45, 2.75) is 52.4 Å². The first kappa shape index (κ1) is 20.0. The van der Waals surface area contributed by atoms with Crippen LogP contribution in [0.2, 0.25) is 0 Å². The van der Waals surface area contributed by atoms with Crippen LogP contribution in [0.15, 0.2) is 48.5 Å². The van der Waals surface area contributed by atoms with Gasteiger partial charge in [-0.3, -0.25) is 4.79 Å². The van der Waals surface area contributed by atoms with Gasteiger partial charge in [-0.05, 0) is 61.4 Å². The molecule has 3 heteroatoms. The summed E-state index contributed by atoms with van der Waals surface area (Å²) < 4.78 is 0. The molecule has 2 rings (SSSR count). The number of hydrogen-bond acceptors (Lipinski definition) is 3. The molecular formula is C23H32N2O. The Hall–Kier alpha value is -2.29. The predicted octanol–water partition coefficient (Wildman–Crippen LogP) is 6.12. The molecule has 0 bridgehead atoms. The zero-order valence-corrected chi connectivity index (χ0v) is 16.2. The van der Waals surface area contributed by atoms with Crippen LogP contribution >= 0.6 is 0 Å². The fourth-order valence-corrected chi connectivity index (χ4v) is 2.86. The molecule has 0 spiro atoms. The van der Waals surface area contributed by atoms with Crippen LogP contribution in [0.25, 0.3) is 0 Å². The summed E-state index contributed by atoms with van der Waals surface area (Å²) in [6, 6.07) is 15.6. The number of unbranched alkanes of at least 4 members (excludes halogenated alkanes) is 4. The average molecular weight is 353 g/mol. The lowest BCUT2D eigenvalue weighted by Gasteiger charge is -2.08. The summed E-state index contributed by atoms with van der Waals surface area (Å²) in [5.74, 6) is 0.0695. The molecule has 0 aromatic heterocycles. The lowest BCUT2D eigenvalue weighted by molar-refractivity contribution is 0.103. The zero-order chi connectivity index (χ0) is 18.6. The van der Waals surface area contributed by atoms with Crippen molar-refractivity contribution >= 4 is 17.2 Å². The van der Waals surface area contributed by atoms with Crippen LogP contribution in [0.1, 0.15) is 68.3 Å². The highest BCUT2D eigenvalue weighted by molar-refractivity contribution is 6.09. The van der Waals surface area contributed by atoms with Gasteiger partial charge in [-0.25, -0.2) is 0 Å². The molecule has 0 saturated heterocycles. The standard InChI is InChI=1S/C23H32N2O/c1-3-5-7-17-24-21-13-9-19(10-14-21)23(26)20-11-15-22(16-12-20)25-18-8-6-4-2/h9-16,24-25H,3-8,17-18H2,1-2H3. The maximum absolute atomic E-state index is 12.6. The highest BCUT2D eigenvalue weighted by atomic mass is 16.1. The molecule has 0 radical (unpaired) electrons. The first-order chi connectivity index (χ1) is 12.7. The van der Waals surface area contributed by atoms with Crippen LogP contribution in [0.4, 0.5) is 11.4 Å². The van der Waals surface area contributed by atoms with Crippen LogP contribution < -0.4 is 10.6 Å². The molecule has 0 unspecified atom stereocenters. The minimum Gasteiger partial charge on any atom is -0.385 e. The number of anilines is 2. The van der Waals surface area contributed by atoms with E-state index in [0.717, 1.165) is 35.6 Å². The van der Waals surface area contributed by atoms with Crippen LogP contribution in [0.3, 0.4) is 0 Å². The van der Waals surface area contributed by atoms with Crippen molar-refractivity contribution in [3.63, 3.8) is 0 Å². The molecule has 2 N–H and O–H groups in total. The van der Waals surface area contributed by atoms with Gasteiger partial charge in [0.05, 0.1) is 0 Å². The minimum absolute atomic E-state index is 0.0695. The number of carbonyl (C=O) groups is 1. The van der Waals surface area contributed by atoms with Crippen molar-refractivity contribution < 1.29 is 4.79 Å². The summed E-state index contributed by atoms with van der Waals surface area (Å²) in [4.78, 5) is 12.6. The number of ketones is 1. The van der Waals surface area contributed by atoms with Gasteiger partial charge in [-0.15, -0.1) is 0 Å². The Kier molecular flexibility index (Phi) is 8.74. The van der Waals surface area contributed by atoms with Gasteiger partial charge in [0.25, 0.3) is 0 Å². The Balaban J connectivity index is 1.87. The van der Waals surface area contributed by atoms with Gasteiger partial charge < -0.3 is 10.6 Å². The normalized spacial score (nSPS) is 10.5. The number of benzene rings is 2. The molecule has 0 aliphatic carbocycles. The van der Waals surface area contributed by atoms with Gasteiger partial charge in [0.15, 0.2) is 5.78 Å². The Labute approximate surface area is 158 Å². The zero-order valence-electron chi connectivity index (χ0n) is 16.2. The third-order valence-corrected chi connectivity index (χ3v) is 4.51. The topological polar surface area (TPSA) is 41.1 Å². The monoisotopic (exact) mass is 352 g/mol. The van der Waals surface area contributed by atoms with E-state index >= 15 is 0 Å². The predicted molar refractivity (Wildman–Crippen MR) is 112 cm³/mol. The first-order valence-corrected chi connectivity index (χ1v) is 9.97. The fraction of sp³-hybridized carbons (Fsp3) is 0.435. The third kappa shape index (κ3) is 6.55. The lowest BCUT2D eigenvalue weighted by atomic mass is 10.0. The molecule has 0 aliphatic heterocycles. The Morgan fingerprint density at radius 3 is 1.38 bits per heavy atom. The third-order valence-electron chi connectivity index (χ3n) is 4.51. The lowest BCUT2D eigenvalue weighted by Crippen LogP contribution is -2.05. The summed E-state index contributed by atoms with van der Waals surface area (Å²) >= 11 is 0. The van der Waals surface area contributed by atoms with Gasteiger partial charge in [0.1, 0.15) is 0 Å². The highest BCUT2D eigenvalue weighted by Crippen LogP contribution is 2.16. The summed E-state index contributed by atoms with van der Waals surface area (Å²) in [5, 5.41) is 6.80. The molecule has 3 nitrogen and oxygen atoms in total. The molecule has 0 fully saturated rings. The van der Waals surface area contributed by atoms with E-state index in [0.29, 0.717) is 0 Å². The molecule has 0 aliphatic rings. The molecule has 0 saturated carbocycles. The fourth-order valence-electron chi connectivity index (χ4n) is 2.86. The van der Waals surface area contributed by atoms with Crippen molar-refractivity contribution in [1.29, 1.82) is 0 Å². The Morgan fingerprint density at radius 1 is 0.654 bits per heavy atom. The first-order valence-electron chi connectivity index (χ1n) is 9.97. The van der Waals surface area contributed by atoms with Crippen molar-refractivity contribution in [2.75, 3.05) is 23.7 Å². The van der Waals surface area contributed by atoms with Gasteiger partial charge in [-0.1, -0.05) is 39.5 Å². The summed E-state index contributed by atoms with van der Waals surface area (Å²) in [5.41, 5.74) is 3.61. The molecular weight excluding hydrogens is 320 g/mol. The summed E-state index contributed by atoms with van der Waals surface area (Å²) in [6.07, 6.45) is 7.29. The van der Waals surface area contributed by atoms with Gasteiger partial charge >= 0.3 is 0 Å². The van der Waals surface area contributed by atoms with E-state index < -0.39 is 0 Å². The maximum atomic E-state index is 12.6. The number of nitrogens with one attached hydrogen (secondary N) is 2. The van der Waals surface area contributed by atoms with Crippen molar-refractivity contribution in [2.24, 2.45) is 0 Å². The molecule has 0 atom stereocenters. The second kappa shape index (κ2) is 11.3. The number of hydrogen-bond donors (Lipinski definition) is 2. The molecule has 0 heterocycles. The largest absolute Gasteiger partial charge is 0.385 e. The molecule has 26 heavy (non-hydrogen) atoms. The smallest absolute Gasteiger partial charge is 0.193 e. The highest BCUT2D eigenvalue weighted by Gasteiger charge is 2.08. The van der Waals surface area contributed by atoms with E-state index in [1.807, 2.05) is 48.5 Å². The van der Waals surface area contributed by atoms with E-state index in [-0.39, 0.29) is 5.78 Å². The second-order valence-corrected chi connectivity index (χ2v) is 6.75. The van der Waals surface area contributed by atoms with E-state index in [4.69, 9.17) is 0 Å². The molecule has 2 aromatic rings. The van der Waals surface area contributed by atoms with Crippen LogP contribution in [0, 0.1) is 0 Å². The Morgan fingerprint density at radius 2 is 1.04 bits per heavy atom.